The fourth-order valence-electron chi connectivity index (χ4n) is 3.90. The van der Waals surface area contributed by atoms with E-state index in [2.05, 4.69) is 25.5 Å². The monoisotopic (exact) mass is 457 g/mol. The Bertz CT molecular complexity index is 1500. The molecule has 0 fully saturated rings. The molecule has 164 valence electrons. The highest BCUT2D eigenvalue weighted by Gasteiger charge is 2.20. The van der Waals surface area contributed by atoms with Crippen LogP contribution in [-0.4, -0.2) is 24.7 Å². The van der Waals surface area contributed by atoms with Gasteiger partial charge in [0.1, 0.15) is 5.82 Å². The summed E-state index contributed by atoms with van der Waals surface area (Å²) in [5, 5.41) is 11.9. The zero-order valence-corrected chi connectivity index (χ0v) is 18.4. The van der Waals surface area contributed by atoms with Crippen LogP contribution in [0.4, 0.5) is 11.8 Å². The Hall–Kier alpha value is -4.17. The van der Waals surface area contributed by atoms with Gasteiger partial charge in [-0.1, -0.05) is 41.9 Å². The Labute approximate surface area is 194 Å². The molecule has 0 aliphatic carbocycles. The summed E-state index contributed by atoms with van der Waals surface area (Å²) < 4.78 is 1.67. The van der Waals surface area contributed by atoms with Gasteiger partial charge < -0.3 is 11.1 Å². The van der Waals surface area contributed by atoms with Crippen molar-refractivity contribution in [2.45, 2.75) is 13.0 Å². The minimum absolute atomic E-state index is 0.141. The van der Waals surface area contributed by atoms with Crippen molar-refractivity contribution in [1.29, 1.82) is 0 Å². The number of aromatic amines is 1. The summed E-state index contributed by atoms with van der Waals surface area (Å²) >= 11 is 6.41. The van der Waals surface area contributed by atoms with Crippen molar-refractivity contribution in [3.63, 3.8) is 0 Å². The van der Waals surface area contributed by atoms with Gasteiger partial charge in [0.2, 0.25) is 5.95 Å². The van der Waals surface area contributed by atoms with E-state index in [1.165, 1.54) is 0 Å². The molecule has 5 rings (SSSR count). The zero-order chi connectivity index (χ0) is 22.9. The molecule has 0 spiro atoms. The van der Waals surface area contributed by atoms with Crippen molar-refractivity contribution >= 4 is 34.1 Å². The first-order valence-electron chi connectivity index (χ1n) is 10.3. The second kappa shape index (κ2) is 8.40. The van der Waals surface area contributed by atoms with Crippen LogP contribution in [0.3, 0.4) is 0 Å². The van der Waals surface area contributed by atoms with Crippen molar-refractivity contribution in [1.82, 2.24) is 24.7 Å². The normalized spacial score (nSPS) is 12.1. The Morgan fingerprint density at radius 3 is 2.70 bits per heavy atom. The van der Waals surface area contributed by atoms with Crippen molar-refractivity contribution < 1.29 is 0 Å². The van der Waals surface area contributed by atoms with Gasteiger partial charge in [0, 0.05) is 34.9 Å². The predicted octanol–water partition coefficient (Wildman–Crippen LogP) is 4.58. The Balaban J connectivity index is 1.68. The van der Waals surface area contributed by atoms with E-state index in [1.54, 1.807) is 29.2 Å². The molecular weight excluding hydrogens is 438 g/mol. The molecule has 3 aromatic heterocycles. The second-order valence-electron chi connectivity index (χ2n) is 7.59. The maximum absolute atomic E-state index is 13.6. The van der Waals surface area contributed by atoms with Gasteiger partial charge in [0.15, 0.2) is 0 Å². The lowest BCUT2D eigenvalue weighted by atomic mass is 10.1. The van der Waals surface area contributed by atoms with Crippen LogP contribution in [0, 0.1) is 0 Å². The summed E-state index contributed by atoms with van der Waals surface area (Å²) in [7, 11) is 0. The molecule has 2 aromatic carbocycles. The molecule has 5 aromatic rings. The van der Waals surface area contributed by atoms with Gasteiger partial charge in [0.25, 0.3) is 5.56 Å². The average Bonchev–Trinajstić information content (AvgIpc) is 3.34. The van der Waals surface area contributed by atoms with Crippen LogP contribution in [0.15, 0.2) is 78.0 Å². The molecule has 0 aliphatic rings. The quantitative estimate of drug-likeness (QED) is 0.356. The van der Waals surface area contributed by atoms with Crippen LogP contribution in [0.1, 0.15) is 18.7 Å². The lowest BCUT2D eigenvalue weighted by Gasteiger charge is -2.22. The number of fused-ring (bicyclic) bond motifs is 1. The highest BCUT2D eigenvalue weighted by atomic mass is 35.5. The second-order valence-corrected chi connectivity index (χ2v) is 8.00. The van der Waals surface area contributed by atoms with E-state index < -0.39 is 0 Å². The average molecular weight is 458 g/mol. The Morgan fingerprint density at radius 2 is 1.94 bits per heavy atom. The first kappa shape index (κ1) is 20.7. The fraction of sp³-hybridized carbons (Fsp3) is 0.0833. The van der Waals surface area contributed by atoms with E-state index >= 15 is 0 Å². The molecule has 0 saturated carbocycles. The van der Waals surface area contributed by atoms with Crippen molar-refractivity contribution in [3.8, 4) is 16.8 Å². The minimum Gasteiger partial charge on any atom is -0.368 e. The number of rotatable bonds is 5. The molecule has 9 heteroatoms. The molecule has 1 atom stereocenters. The summed E-state index contributed by atoms with van der Waals surface area (Å²) in [6.45, 7) is 1.96. The number of nitrogens with zero attached hydrogens (tertiary/aromatic N) is 4. The first-order valence-corrected chi connectivity index (χ1v) is 10.7. The molecule has 4 N–H and O–H groups in total. The maximum Gasteiger partial charge on any atom is 0.264 e. The number of pyridine rings is 1. The van der Waals surface area contributed by atoms with E-state index in [9.17, 15) is 4.79 Å². The highest BCUT2D eigenvalue weighted by molar-refractivity contribution is 6.35. The summed E-state index contributed by atoms with van der Waals surface area (Å²) in [6.07, 6.45) is 5.08. The van der Waals surface area contributed by atoms with Crippen molar-refractivity contribution in [2.75, 3.05) is 11.1 Å². The van der Waals surface area contributed by atoms with Crippen LogP contribution in [0.5, 0.6) is 0 Å². The molecule has 0 bridgehead atoms. The third kappa shape index (κ3) is 3.81. The van der Waals surface area contributed by atoms with Gasteiger partial charge >= 0.3 is 0 Å². The lowest BCUT2D eigenvalue weighted by molar-refractivity contribution is 0.773. The molecule has 0 radical (unpaired) electrons. The lowest BCUT2D eigenvalue weighted by Crippen LogP contribution is -2.26. The standard InChI is InChI=1S/C24H20ClN7O/c1-14(30-22-18(13-27-24(26)31-22)16-11-28-29-12-16)20-10-15-6-5-9-19(25)21(15)23(33)32(20)17-7-3-2-4-8-17/h2-14H,1H3,(H,28,29)(H3,26,27,30,31). The zero-order valence-electron chi connectivity index (χ0n) is 17.7. The number of para-hydroxylation sites is 1. The van der Waals surface area contributed by atoms with E-state index in [0.29, 0.717) is 16.2 Å². The third-order valence-corrected chi connectivity index (χ3v) is 5.77. The Morgan fingerprint density at radius 1 is 1.12 bits per heavy atom. The van der Waals surface area contributed by atoms with Gasteiger partial charge in [-0.2, -0.15) is 10.1 Å². The summed E-state index contributed by atoms with van der Waals surface area (Å²) in [4.78, 5) is 22.2. The number of anilines is 2. The number of benzene rings is 2. The first-order chi connectivity index (χ1) is 16.0. The van der Waals surface area contributed by atoms with E-state index in [0.717, 1.165) is 27.9 Å². The third-order valence-electron chi connectivity index (χ3n) is 5.45. The number of hydrogen-bond acceptors (Lipinski definition) is 6. The van der Waals surface area contributed by atoms with Gasteiger partial charge in [-0.05, 0) is 36.6 Å². The fourth-order valence-corrected chi connectivity index (χ4v) is 4.16. The van der Waals surface area contributed by atoms with Gasteiger partial charge in [-0.3, -0.25) is 14.5 Å². The highest BCUT2D eigenvalue weighted by Crippen LogP contribution is 2.30. The van der Waals surface area contributed by atoms with Crippen molar-refractivity contribution in [2.24, 2.45) is 0 Å². The molecule has 1 unspecified atom stereocenters. The smallest absolute Gasteiger partial charge is 0.264 e. The number of aromatic nitrogens is 5. The Kier molecular flexibility index (Phi) is 5.27. The minimum atomic E-state index is -0.318. The van der Waals surface area contributed by atoms with Crippen molar-refractivity contribution in [3.05, 3.63) is 94.3 Å². The molecular formula is C24H20ClN7O. The molecule has 33 heavy (non-hydrogen) atoms. The van der Waals surface area contributed by atoms with Crippen LogP contribution in [0.2, 0.25) is 5.02 Å². The largest absolute Gasteiger partial charge is 0.368 e. The summed E-state index contributed by atoms with van der Waals surface area (Å²) in [5.41, 5.74) is 8.73. The number of hydrogen-bond donors (Lipinski definition) is 3. The summed E-state index contributed by atoms with van der Waals surface area (Å²) in [5.74, 6) is 0.678. The van der Waals surface area contributed by atoms with Gasteiger partial charge in [0.05, 0.1) is 22.6 Å². The van der Waals surface area contributed by atoms with E-state index in [4.69, 9.17) is 17.3 Å². The number of nitrogen functional groups attached to an aromatic ring is 1. The molecule has 0 amide bonds. The van der Waals surface area contributed by atoms with Gasteiger partial charge in [-0.15, -0.1) is 0 Å². The molecule has 8 nitrogen and oxygen atoms in total. The molecule has 3 heterocycles. The number of H-pyrrole nitrogens is 1. The summed E-state index contributed by atoms with van der Waals surface area (Å²) in [6, 6.07) is 16.6. The van der Waals surface area contributed by atoms with Crippen LogP contribution < -0.4 is 16.6 Å². The maximum atomic E-state index is 13.6. The number of nitrogens with two attached hydrogens (primary N) is 1. The van der Waals surface area contributed by atoms with Gasteiger partial charge in [-0.25, -0.2) is 4.98 Å². The topological polar surface area (TPSA) is 115 Å². The van der Waals surface area contributed by atoms with Crippen LogP contribution in [-0.2, 0) is 0 Å². The molecule has 0 aliphatic heterocycles. The van der Waals surface area contributed by atoms with Crippen LogP contribution >= 0.6 is 11.6 Å². The molecule has 0 saturated heterocycles. The number of halogens is 1. The number of nitrogens with one attached hydrogen (secondary N) is 2. The van der Waals surface area contributed by atoms with E-state index in [-0.39, 0.29) is 17.5 Å². The SMILES string of the molecule is CC(Nc1nc(N)ncc1-c1cn[nH]c1)c1cc2cccc(Cl)c2c(=O)n1-c1ccccc1. The van der Waals surface area contributed by atoms with E-state index in [1.807, 2.05) is 55.5 Å². The van der Waals surface area contributed by atoms with Crippen LogP contribution in [0.25, 0.3) is 27.6 Å². The predicted molar refractivity (Wildman–Crippen MR) is 131 cm³/mol.